The molecule has 2 aromatic rings. The van der Waals surface area contributed by atoms with Gasteiger partial charge in [0.25, 0.3) is 5.91 Å². The molecule has 0 saturated heterocycles. The zero-order valence-electron chi connectivity index (χ0n) is 13.7. The molecule has 0 aliphatic carbocycles. The number of halogens is 3. The first kappa shape index (κ1) is 19.4. The molecule has 0 unspecified atom stereocenters. The fraction of sp³-hybridized carbons (Fsp3) is 0.278. The van der Waals surface area contributed by atoms with Crippen molar-refractivity contribution >= 4 is 11.9 Å². The van der Waals surface area contributed by atoms with Gasteiger partial charge in [0.05, 0.1) is 5.56 Å². The van der Waals surface area contributed by atoms with Crippen LogP contribution in [0.2, 0.25) is 0 Å². The van der Waals surface area contributed by atoms with E-state index in [2.05, 4.69) is 4.98 Å². The molecule has 0 aliphatic rings. The number of hydrogen-bond acceptors (Lipinski definition) is 3. The highest BCUT2D eigenvalue weighted by Gasteiger charge is 2.31. The summed E-state index contributed by atoms with van der Waals surface area (Å²) in [4.78, 5) is 28.3. The summed E-state index contributed by atoms with van der Waals surface area (Å²) in [7, 11) is 0. The Labute approximate surface area is 148 Å². The Morgan fingerprint density at radius 3 is 2.31 bits per heavy atom. The molecule has 0 bridgehead atoms. The number of carboxylic acids is 1. The maximum absolute atomic E-state index is 12.6. The van der Waals surface area contributed by atoms with E-state index in [4.69, 9.17) is 5.11 Å². The molecule has 0 aliphatic heterocycles. The van der Waals surface area contributed by atoms with Crippen LogP contribution in [0.5, 0.6) is 0 Å². The number of hydrogen-bond donors (Lipinski definition) is 1. The van der Waals surface area contributed by atoms with E-state index in [0.717, 1.165) is 17.7 Å². The second-order valence-corrected chi connectivity index (χ2v) is 5.64. The third-order valence-corrected chi connectivity index (χ3v) is 3.63. The van der Waals surface area contributed by atoms with E-state index in [0.29, 0.717) is 6.20 Å². The molecule has 2 rings (SSSR count). The zero-order chi connectivity index (χ0) is 19.2. The lowest BCUT2D eigenvalue weighted by Gasteiger charge is -2.22. The van der Waals surface area contributed by atoms with E-state index in [-0.39, 0.29) is 31.6 Å². The second kappa shape index (κ2) is 8.46. The molecule has 1 aromatic heterocycles. The minimum atomic E-state index is -4.53. The van der Waals surface area contributed by atoms with Crippen LogP contribution in [0.25, 0.3) is 0 Å². The van der Waals surface area contributed by atoms with Crippen molar-refractivity contribution in [1.29, 1.82) is 0 Å². The first-order valence-electron chi connectivity index (χ1n) is 7.85. The van der Waals surface area contributed by atoms with Gasteiger partial charge in [-0.1, -0.05) is 30.3 Å². The molecule has 8 heteroatoms. The predicted octanol–water partition coefficient (Wildman–Crippen LogP) is 3.61. The number of carbonyl (C=O) groups is 2. The maximum atomic E-state index is 12.6. The summed E-state index contributed by atoms with van der Waals surface area (Å²) in [5.41, 5.74) is -0.234. The van der Waals surface area contributed by atoms with E-state index < -0.39 is 23.6 Å². The van der Waals surface area contributed by atoms with Crippen molar-refractivity contribution in [2.75, 3.05) is 6.54 Å². The zero-order valence-corrected chi connectivity index (χ0v) is 13.7. The Bertz CT molecular complexity index is 747. The van der Waals surface area contributed by atoms with Gasteiger partial charge in [0.1, 0.15) is 5.69 Å². The van der Waals surface area contributed by atoms with E-state index in [1.807, 2.05) is 6.07 Å². The van der Waals surface area contributed by atoms with E-state index in [1.54, 1.807) is 24.3 Å². The number of rotatable bonds is 7. The van der Waals surface area contributed by atoms with Crippen molar-refractivity contribution in [1.82, 2.24) is 9.88 Å². The second-order valence-electron chi connectivity index (χ2n) is 5.64. The predicted molar refractivity (Wildman–Crippen MR) is 87.3 cm³/mol. The number of benzene rings is 1. The van der Waals surface area contributed by atoms with Crippen molar-refractivity contribution in [3.8, 4) is 0 Å². The van der Waals surface area contributed by atoms with Gasteiger partial charge in [0.2, 0.25) is 0 Å². The third kappa shape index (κ3) is 5.58. The first-order valence-corrected chi connectivity index (χ1v) is 7.85. The molecule has 1 heterocycles. The summed E-state index contributed by atoms with van der Waals surface area (Å²) in [6.07, 6.45) is -3.79. The molecule has 1 N–H and O–H groups in total. The van der Waals surface area contributed by atoms with Crippen molar-refractivity contribution < 1.29 is 27.9 Å². The van der Waals surface area contributed by atoms with Crippen LogP contribution in [0.3, 0.4) is 0 Å². The van der Waals surface area contributed by atoms with Gasteiger partial charge in [-0.2, -0.15) is 13.2 Å². The summed E-state index contributed by atoms with van der Waals surface area (Å²) in [6.45, 7) is 0.366. The van der Waals surface area contributed by atoms with Crippen molar-refractivity contribution in [3.63, 3.8) is 0 Å². The molecule has 0 atom stereocenters. The van der Waals surface area contributed by atoms with Crippen LogP contribution in [0.15, 0.2) is 48.7 Å². The van der Waals surface area contributed by atoms with Crippen LogP contribution < -0.4 is 0 Å². The number of amides is 1. The normalized spacial score (nSPS) is 11.2. The molecule has 0 saturated carbocycles. The molecular weight excluding hydrogens is 349 g/mol. The van der Waals surface area contributed by atoms with Crippen LogP contribution in [0.4, 0.5) is 13.2 Å². The van der Waals surface area contributed by atoms with Crippen LogP contribution >= 0.6 is 0 Å². The largest absolute Gasteiger partial charge is 0.481 e. The first-order chi connectivity index (χ1) is 12.3. The summed E-state index contributed by atoms with van der Waals surface area (Å²) in [5.74, 6) is -1.53. The van der Waals surface area contributed by atoms with E-state index >= 15 is 0 Å². The van der Waals surface area contributed by atoms with Crippen LogP contribution in [0, 0.1) is 0 Å². The number of carboxylic acid groups (broad SMARTS) is 1. The van der Waals surface area contributed by atoms with E-state index in [1.165, 1.54) is 4.90 Å². The summed E-state index contributed by atoms with van der Waals surface area (Å²) < 4.78 is 37.9. The van der Waals surface area contributed by atoms with Gasteiger partial charge in [-0.25, -0.2) is 0 Å². The minimum Gasteiger partial charge on any atom is -0.481 e. The van der Waals surface area contributed by atoms with E-state index in [9.17, 15) is 22.8 Å². The fourth-order valence-corrected chi connectivity index (χ4v) is 2.33. The third-order valence-electron chi connectivity index (χ3n) is 3.63. The molecule has 26 heavy (non-hydrogen) atoms. The molecule has 1 amide bonds. The standard InChI is InChI=1S/C18H17F3N2O3/c19-18(20,21)14-8-9-15(22-11-14)17(26)23(10-4-7-16(24)25)12-13-5-2-1-3-6-13/h1-3,5-6,8-9,11H,4,7,10,12H2,(H,24,25). The Balaban J connectivity index is 2.16. The molecule has 0 spiro atoms. The molecule has 0 fully saturated rings. The van der Waals surface area contributed by atoms with Gasteiger partial charge in [-0.15, -0.1) is 0 Å². The number of aromatic nitrogens is 1. The highest BCUT2D eigenvalue weighted by atomic mass is 19.4. The Kier molecular flexibility index (Phi) is 6.32. The summed E-state index contributed by atoms with van der Waals surface area (Å²) >= 11 is 0. The maximum Gasteiger partial charge on any atom is 0.417 e. The fourth-order valence-electron chi connectivity index (χ4n) is 2.33. The number of aliphatic carboxylic acids is 1. The van der Waals surface area contributed by atoms with Gasteiger partial charge in [0.15, 0.2) is 0 Å². The average Bonchev–Trinajstić information content (AvgIpc) is 2.60. The van der Waals surface area contributed by atoms with Gasteiger partial charge in [0, 0.05) is 25.7 Å². The lowest BCUT2D eigenvalue weighted by atomic mass is 10.1. The molecule has 5 nitrogen and oxygen atoms in total. The number of carbonyl (C=O) groups excluding carboxylic acids is 1. The van der Waals surface area contributed by atoms with Crippen LogP contribution in [-0.2, 0) is 17.5 Å². The number of nitrogens with zero attached hydrogens (tertiary/aromatic N) is 2. The summed E-state index contributed by atoms with van der Waals surface area (Å²) in [5, 5.41) is 8.76. The average molecular weight is 366 g/mol. The monoisotopic (exact) mass is 366 g/mol. The number of pyridine rings is 1. The van der Waals surface area contributed by atoms with Crippen molar-refractivity contribution in [3.05, 3.63) is 65.5 Å². The minimum absolute atomic E-state index is 0.112. The Morgan fingerprint density at radius 1 is 1.08 bits per heavy atom. The highest BCUT2D eigenvalue weighted by Crippen LogP contribution is 2.28. The van der Waals surface area contributed by atoms with Gasteiger partial charge in [-0.3, -0.25) is 14.6 Å². The lowest BCUT2D eigenvalue weighted by Crippen LogP contribution is -2.32. The molecule has 138 valence electrons. The summed E-state index contributed by atoms with van der Waals surface area (Å²) in [6, 6.07) is 10.8. The van der Waals surface area contributed by atoms with Crippen molar-refractivity contribution in [2.24, 2.45) is 0 Å². The van der Waals surface area contributed by atoms with Crippen molar-refractivity contribution in [2.45, 2.75) is 25.6 Å². The Hall–Kier alpha value is -2.90. The van der Waals surface area contributed by atoms with Gasteiger partial charge in [-0.05, 0) is 24.1 Å². The topological polar surface area (TPSA) is 70.5 Å². The molecule has 1 aromatic carbocycles. The lowest BCUT2D eigenvalue weighted by molar-refractivity contribution is -0.138. The molecule has 0 radical (unpaired) electrons. The number of alkyl halides is 3. The Morgan fingerprint density at radius 2 is 1.77 bits per heavy atom. The molecular formula is C18H17F3N2O3. The smallest absolute Gasteiger partial charge is 0.417 e. The quantitative estimate of drug-likeness (QED) is 0.813. The highest BCUT2D eigenvalue weighted by molar-refractivity contribution is 5.92. The van der Waals surface area contributed by atoms with Gasteiger partial charge < -0.3 is 10.0 Å². The van der Waals surface area contributed by atoms with Crippen LogP contribution in [0.1, 0.15) is 34.5 Å². The van der Waals surface area contributed by atoms with Gasteiger partial charge >= 0.3 is 12.1 Å². The van der Waals surface area contributed by atoms with Crippen LogP contribution in [-0.4, -0.2) is 33.4 Å². The SMILES string of the molecule is O=C(O)CCCN(Cc1ccccc1)C(=O)c1ccc(C(F)(F)F)cn1.